The number of fused-ring (bicyclic) bond motifs is 1. The summed E-state index contributed by atoms with van der Waals surface area (Å²) in [5.74, 6) is 0.0101. The quantitative estimate of drug-likeness (QED) is 0.243. The molecule has 1 unspecified atom stereocenters. The molecule has 0 spiro atoms. The molecule has 0 fully saturated rings. The average molecular weight is 588 g/mol. The van der Waals surface area contributed by atoms with E-state index < -0.39 is 26.4 Å². The fourth-order valence-corrected chi connectivity index (χ4v) is 3.97. The van der Waals surface area contributed by atoms with Gasteiger partial charge in [-0.3, -0.25) is 0 Å². The molecule has 0 bridgehead atoms. The Hall–Kier alpha value is -2.22. The van der Waals surface area contributed by atoms with E-state index in [1.165, 1.54) is 18.3 Å². The number of halogens is 6. The summed E-state index contributed by atoms with van der Waals surface area (Å²) in [5.41, 5.74) is -0.571. The summed E-state index contributed by atoms with van der Waals surface area (Å²) in [5, 5.41) is 13.5. The van der Waals surface area contributed by atoms with E-state index in [4.69, 9.17) is 53.8 Å². The highest BCUT2D eigenvalue weighted by atomic mass is 35.5. The molecule has 0 aliphatic heterocycles. The number of benzene rings is 1. The van der Waals surface area contributed by atoms with Crippen molar-refractivity contribution in [3.8, 4) is 28.7 Å². The first-order chi connectivity index (χ1) is 16.9. The Morgan fingerprint density at radius 3 is 2.47 bits per heavy atom. The maximum atomic E-state index is 13.1. The number of nitrogens with zero attached hydrogens (tertiary/aromatic N) is 4. The number of aliphatic hydroxyl groups is 1. The molecule has 192 valence electrons. The van der Waals surface area contributed by atoms with E-state index in [-0.39, 0.29) is 62.7 Å². The Kier molecular flexibility index (Phi) is 7.93. The molecule has 0 radical (unpaired) electrons. The summed E-state index contributed by atoms with van der Waals surface area (Å²) in [6.45, 7) is -0.656. The van der Waals surface area contributed by atoms with Gasteiger partial charge in [0.25, 0.3) is 5.89 Å². The number of aliphatic hydroxyl groups excluding tert-OH is 1. The highest BCUT2D eigenvalue weighted by molar-refractivity contribution is 7.39. The largest absolute Gasteiger partial charge is 0.489 e. The van der Waals surface area contributed by atoms with Crippen molar-refractivity contribution in [1.82, 2.24) is 19.5 Å². The van der Waals surface area contributed by atoms with Gasteiger partial charge in [-0.25, -0.2) is 4.98 Å². The van der Waals surface area contributed by atoms with Crippen molar-refractivity contribution < 1.29 is 41.8 Å². The van der Waals surface area contributed by atoms with Gasteiger partial charge in [0.15, 0.2) is 5.65 Å². The van der Waals surface area contributed by atoms with Crippen LogP contribution in [0.3, 0.4) is 0 Å². The highest BCUT2D eigenvalue weighted by Gasteiger charge is 2.32. The zero-order valence-electron chi connectivity index (χ0n) is 17.4. The lowest BCUT2D eigenvalue weighted by Gasteiger charge is -2.14. The number of imidazole rings is 1. The van der Waals surface area contributed by atoms with Gasteiger partial charge < -0.3 is 33.1 Å². The Bertz CT molecular complexity index is 1400. The summed E-state index contributed by atoms with van der Waals surface area (Å²) in [7, 11) is -2.61. The number of pyridine rings is 1. The van der Waals surface area contributed by atoms with E-state index in [9.17, 15) is 18.3 Å². The molecule has 3 N–H and O–H groups in total. The Morgan fingerprint density at radius 2 is 1.78 bits per heavy atom. The van der Waals surface area contributed by atoms with Gasteiger partial charge in [-0.2, -0.15) is 18.2 Å². The number of rotatable bonds is 8. The Morgan fingerprint density at radius 1 is 1.03 bits per heavy atom. The van der Waals surface area contributed by atoms with Crippen LogP contribution in [0.1, 0.15) is 5.56 Å². The van der Waals surface area contributed by atoms with E-state index in [1.54, 1.807) is 0 Å². The first kappa shape index (κ1) is 26.8. The minimum Gasteiger partial charge on any atom is -0.489 e. The zero-order chi connectivity index (χ0) is 26.2. The molecule has 0 aliphatic carbocycles. The van der Waals surface area contributed by atoms with Crippen molar-refractivity contribution in [2.24, 2.45) is 0 Å². The molecule has 17 heteroatoms. The molecule has 10 nitrogen and oxygen atoms in total. The van der Waals surface area contributed by atoms with Crippen molar-refractivity contribution in [2.75, 3.05) is 13.2 Å². The summed E-state index contributed by atoms with van der Waals surface area (Å²) in [4.78, 5) is 25.8. The van der Waals surface area contributed by atoms with Gasteiger partial charge in [0.1, 0.15) is 24.2 Å². The van der Waals surface area contributed by atoms with Crippen LogP contribution in [0.25, 0.3) is 28.6 Å². The second kappa shape index (κ2) is 10.6. The summed E-state index contributed by atoms with van der Waals surface area (Å²) in [6, 6.07) is 3.49. The number of ether oxygens (including phenoxy) is 1. The molecule has 1 aromatic carbocycles. The molecule has 1 atom stereocenters. The van der Waals surface area contributed by atoms with Crippen LogP contribution in [0.5, 0.6) is 5.75 Å². The second-order valence-corrected chi connectivity index (χ2v) is 9.12. The van der Waals surface area contributed by atoms with Gasteiger partial charge in [-0.15, -0.1) is 0 Å². The minimum absolute atomic E-state index is 0.00951. The van der Waals surface area contributed by atoms with Crippen molar-refractivity contribution in [3.05, 3.63) is 51.2 Å². The standard InChI is InChI=1S/C19H13Cl3F3N4O6P/c20-11-3-15(33-6-9(30)7-34-36(31)32)12(21)2-10(11)16-27-18(35-28-16)14-5-29-4-8(19(23,24)25)1-13(22)17(29)26-14/h1-5,9,30-32H,6-7H2. The molecule has 4 aromatic rings. The molecular weight excluding hydrogens is 575 g/mol. The van der Waals surface area contributed by atoms with Gasteiger partial charge in [-0.1, -0.05) is 40.0 Å². The van der Waals surface area contributed by atoms with Crippen LogP contribution >= 0.6 is 43.4 Å². The van der Waals surface area contributed by atoms with Crippen molar-refractivity contribution in [3.63, 3.8) is 0 Å². The number of hydrogen-bond acceptors (Lipinski definition) is 9. The van der Waals surface area contributed by atoms with Crippen LogP contribution in [-0.2, 0) is 10.7 Å². The van der Waals surface area contributed by atoms with Crippen LogP contribution in [0.2, 0.25) is 15.1 Å². The first-order valence-corrected chi connectivity index (χ1v) is 11.9. The Balaban J connectivity index is 1.55. The number of hydrogen-bond donors (Lipinski definition) is 3. The van der Waals surface area contributed by atoms with Crippen molar-refractivity contribution in [2.45, 2.75) is 12.3 Å². The molecular formula is C19H13Cl3F3N4O6P. The van der Waals surface area contributed by atoms with Crippen LogP contribution in [-0.4, -0.2) is 53.7 Å². The minimum atomic E-state index is -4.60. The molecule has 3 aromatic heterocycles. The predicted octanol–water partition coefficient (Wildman–Crippen LogP) is 5.00. The zero-order valence-corrected chi connectivity index (χ0v) is 20.6. The third-order valence-corrected chi connectivity index (χ3v) is 5.82. The van der Waals surface area contributed by atoms with Gasteiger partial charge >= 0.3 is 14.8 Å². The van der Waals surface area contributed by atoms with Gasteiger partial charge in [0, 0.05) is 24.0 Å². The van der Waals surface area contributed by atoms with Gasteiger partial charge in [0.05, 0.1) is 27.2 Å². The maximum Gasteiger partial charge on any atom is 0.417 e. The normalized spacial score (nSPS) is 13.1. The van der Waals surface area contributed by atoms with E-state index in [0.29, 0.717) is 0 Å². The van der Waals surface area contributed by atoms with Crippen LogP contribution in [0.15, 0.2) is 35.1 Å². The van der Waals surface area contributed by atoms with E-state index in [0.717, 1.165) is 16.7 Å². The third kappa shape index (κ3) is 6.01. The Labute approximate surface area is 215 Å². The van der Waals surface area contributed by atoms with E-state index in [1.807, 2.05) is 0 Å². The molecule has 0 aliphatic rings. The SMILES string of the molecule is OC(COc1cc(Cl)c(-c2noc(-c3cn4cc(C(F)(F)F)cc(Cl)c4n3)n2)cc1Cl)COP(O)O. The van der Waals surface area contributed by atoms with E-state index in [2.05, 4.69) is 19.6 Å². The topological polar surface area (TPSA) is 135 Å². The summed E-state index contributed by atoms with van der Waals surface area (Å²) in [6.07, 6.45) is -3.68. The molecule has 36 heavy (non-hydrogen) atoms. The smallest absolute Gasteiger partial charge is 0.417 e. The summed E-state index contributed by atoms with van der Waals surface area (Å²) >= 11 is 18.5. The molecule has 4 rings (SSSR count). The third-order valence-electron chi connectivity index (χ3n) is 4.55. The predicted molar refractivity (Wildman–Crippen MR) is 123 cm³/mol. The lowest BCUT2D eigenvalue weighted by Crippen LogP contribution is -2.22. The maximum absolute atomic E-state index is 13.1. The highest BCUT2D eigenvalue weighted by Crippen LogP contribution is 2.37. The van der Waals surface area contributed by atoms with Crippen LogP contribution < -0.4 is 4.74 Å². The van der Waals surface area contributed by atoms with Crippen molar-refractivity contribution >= 4 is 49.1 Å². The second-order valence-electron chi connectivity index (χ2n) is 7.13. The van der Waals surface area contributed by atoms with Crippen LogP contribution in [0.4, 0.5) is 13.2 Å². The lowest BCUT2D eigenvalue weighted by molar-refractivity contribution is -0.137. The van der Waals surface area contributed by atoms with E-state index >= 15 is 0 Å². The van der Waals surface area contributed by atoms with Crippen molar-refractivity contribution in [1.29, 1.82) is 0 Å². The average Bonchev–Trinajstić information content (AvgIpc) is 3.45. The number of aromatic nitrogens is 4. The summed E-state index contributed by atoms with van der Waals surface area (Å²) < 4.78 is 55.4. The lowest BCUT2D eigenvalue weighted by atomic mass is 10.2. The fraction of sp³-hybridized carbons (Fsp3) is 0.211. The number of alkyl halides is 3. The molecule has 0 saturated heterocycles. The monoisotopic (exact) mass is 586 g/mol. The molecule has 3 heterocycles. The fourth-order valence-electron chi connectivity index (χ4n) is 2.95. The first-order valence-electron chi connectivity index (χ1n) is 9.63. The van der Waals surface area contributed by atoms with Crippen LogP contribution in [0, 0.1) is 0 Å². The van der Waals surface area contributed by atoms with Gasteiger partial charge in [-0.05, 0) is 12.1 Å². The molecule has 0 amide bonds. The van der Waals surface area contributed by atoms with Gasteiger partial charge in [0.2, 0.25) is 5.82 Å². The molecule has 0 saturated carbocycles.